The third-order valence-corrected chi connectivity index (χ3v) is 7.14. The number of hydrogen-bond acceptors (Lipinski definition) is 5. The molecule has 1 amide bonds. The maximum atomic E-state index is 12.6. The molecule has 1 aliphatic heterocycles. The number of rotatable bonds is 5. The van der Waals surface area contributed by atoms with Gasteiger partial charge in [0.25, 0.3) is 0 Å². The molecule has 1 atom stereocenters. The van der Waals surface area contributed by atoms with Crippen molar-refractivity contribution < 1.29 is 14.7 Å². The Balaban J connectivity index is 1.67. The normalized spacial score (nSPS) is 20.4. The second-order valence-electron chi connectivity index (χ2n) is 6.61. The van der Waals surface area contributed by atoms with Crippen LogP contribution in [0.5, 0.6) is 0 Å². The minimum Gasteiger partial charge on any atom is -0.481 e. The highest BCUT2D eigenvalue weighted by Crippen LogP contribution is 2.38. The number of carbonyl (C=O) groups excluding carboxylic acids is 1. The molecule has 1 N–H and O–H groups in total. The second-order valence-corrected chi connectivity index (χ2v) is 9.18. The second kappa shape index (κ2) is 7.05. The van der Waals surface area contributed by atoms with Crippen molar-refractivity contribution in [3.8, 4) is 9.88 Å². The Morgan fingerprint density at radius 2 is 2.20 bits per heavy atom. The summed E-state index contributed by atoms with van der Waals surface area (Å²) in [5, 5.41) is 12.3. The number of carboxylic acids is 1. The molecular formula is C17H19ClN2O3S2. The smallest absolute Gasteiger partial charge is 0.311 e. The van der Waals surface area contributed by atoms with E-state index in [1.54, 1.807) is 4.90 Å². The monoisotopic (exact) mass is 398 g/mol. The standard InChI is InChI=1S/C17H19ClN2O3S2/c1-10(2)17(16(22)23)5-6-20(9-17)14(21)7-11-8-24-15(19-11)12-3-4-13(18)25-12/h3-4,8,10H,5-7,9H2,1-2H3,(H,22,23). The number of halogens is 1. The first-order chi connectivity index (χ1) is 11.8. The molecule has 0 aliphatic carbocycles. The van der Waals surface area contributed by atoms with E-state index in [1.165, 1.54) is 22.7 Å². The topological polar surface area (TPSA) is 70.5 Å². The number of carbonyl (C=O) groups is 2. The van der Waals surface area contributed by atoms with Crippen molar-refractivity contribution in [2.45, 2.75) is 26.7 Å². The molecule has 2 aromatic heterocycles. The average Bonchev–Trinajstić information content (AvgIpc) is 3.25. The Hall–Kier alpha value is -1.44. The number of nitrogens with zero attached hydrogens (tertiary/aromatic N) is 2. The molecule has 1 fully saturated rings. The third kappa shape index (κ3) is 3.59. The van der Waals surface area contributed by atoms with Crippen molar-refractivity contribution in [3.63, 3.8) is 0 Å². The molecule has 3 rings (SSSR count). The molecule has 8 heteroatoms. The molecular weight excluding hydrogens is 380 g/mol. The van der Waals surface area contributed by atoms with Crippen molar-refractivity contribution in [3.05, 3.63) is 27.5 Å². The van der Waals surface area contributed by atoms with Crippen molar-refractivity contribution >= 4 is 46.2 Å². The zero-order chi connectivity index (χ0) is 18.2. The van der Waals surface area contributed by atoms with Crippen molar-refractivity contribution in [2.24, 2.45) is 11.3 Å². The van der Waals surface area contributed by atoms with Gasteiger partial charge in [0.15, 0.2) is 0 Å². The highest BCUT2D eigenvalue weighted by molar-refractivity contribution is 7.23. The van der Waals surface area contributed by atoms with E-state index in [-0.39, 0.29) is 24.8 Å². The van der Waals surface area contributed by atoms with E-state index in [9.17, 15) is 14.7 Å². The predicted octanol–water partition coefficient (Wildman–Crippen LogP) is 4.03. The van der Waals surface area contributed by atoms with E-state index in [4.69, 9.17) is 11.6 Å². The fraction of sp³-hybridized carbons (Fsp3) is 0.471. The summed E-state index contributed by atoms with van der Waals surface area (Å²) in [7, 11) is 0. The van der Waals surface area contributed by atoms with Crippen LogP contribution in [0.2, 0.25) is 4.34 Å². The van der Waals surface area contributed by atoms with E-state index >= 15 is 0 Å². The molecule has 2 aromatic rings. The van der Waals surface area contributed by atoms with Gasteiger partial charge in [0.1, 0.15) is 5.01 Å². The Kier molecular flexibility index (Phi) is 5.18. The van der Waals surface area contributed by atoms with Gasteiger partial charge in [-0.15, -0.1) is 22.7 Å². The van der Waals surface area contributed by atoms with Gasteiger partial charge in [-0.3, -0.25) is 9.59 Å². The van der Waals surface area contributed by atoms with Crippen LogP contribution in [0.25, 0.3) is 9.88 Å². The molecule has 0 radical (unpaired) electrons. The third-order valence-electron chi connectivity index (χ3n) is 4.85. The molecule has 0 bridgehead atoms. The highest BCUT2D eigenvalue weighted by atomic mass is 35.5. The first-order valence-electron chi connectivity index (χ1n) is 8.03. The van der Waals surface area contributed by atoms with E-state index in [2.05, 4.69) is 4.98 Å². The van der Waals surface area contributed by atoms with Crippen molar-refractivity contribution in [1.82, 2.24) is 9.88 Å². The molecule has 3 heterocycles. The summed E-state index contributed by atoms with van der Waals surface area (Å²) < 4.78 is 0.707. The van der Waals surface area contributed by atoms with Gasteiger partial charge in [0.2, 0.25) is 5.91 Å². The lowest BCUT2D eigenvalue weighted by atomic mass is 9.76. The lowest BCUT2D eigenvalue weighted by Gasteiger charge is -2.28. The van der Waals surface area contributed by atoms with Crippen LogP contribution < -0.4 is 0 Å². The van der Waals surface area contributed by atoms with Gasteiger partial charge in [-0.05, 0) is 24.5 Å². The Morgan fingerprint density at radius 3 is 2.76 bits per heavy atom. The van der Waals surface area contributed by atoms with Crippen LogP contribution in [0, 0.1) is 11.3 Å². The molecule has 0 aromatic carbocycles. The summed E-state index contributed by atoms with van der Waals surface area (Å²) in [5.74, 6) is -0.898. The first-order valence-corrected chi connectivity index (χ1v) is 10.1. The molecule has 134 valence electrons. The Morgan fingerprint density at radius 1 is 1.44 bits per heavy atom. The van der Waals surface area contributed by atoms with Crippen molar-refractivity contribution in [1.29, 1.82) is 0 Å². The van der Waals surface area contributed by atoms with Crippen LogP contribution in [0.1, 0.15) is 26.0 Å². The minimum atomic E-state index is -0.837. The number of aromatic nitrogens is 1. The van der Waals surface area contributed by atoms with E-state index in [0.717, 1.165) is 9.88 Å². The first kappa shape index (κ1) is 18.4. The summed E-state index contributed by atoms with van der Waals surface area (Å²) >= 11 is 8.90. The molecule has 1 aliphatic rings. The number of hydrogen-bond donors (Lipinski definition) is 1. The maximum Gasteiger partial charge on any atom is 0.311 e. The number of aliphatic carboxylic acids is 1. The maximum absolute atomic E-state index is 12.6. The zero-order valence-corrected chi connectivity index (χ0v) is 16.4. The quantitative estimate of drug-likeness (QED) is 0.825. The summed E-state index contributed by atoms with van der Waals surface area (Å²) in [4.78, 5) is 31.4. The molecule has 1 saturated heterocycles. The van der Waals surface area contributed by atoms with Gasteiger partial charge in [0.05, 0.1) is 26.7 Å². The van der Waals surface area contributed by atoms with Gasteiger partial charge in [-0.25, -0.2) is 4.98 Å². The van der Waals surface area contributed by atoms with Crippen LogP contribution in [0.3, 0.4) is 0 Å². The molecule has 0 spiro atoms. The lowest BCUT2D eigenvalue weighted by molar-refractivity contribution is -0.151. The zero-order valence-electron chi connectivity index (χ0n) is 14.0. The van der Waals surface area contributed by atoms with Crippen molar-refractivity contribution in [2.75, 3.05) is 13.1 Å². The highest BCUT2D eigenvalue weighted by Gasteiger charge is 2.48. The van der Waals surface area contributed by atoms with E-state index in [0.29, 0.717) is 23.0 Å². The van der Waals surface area contributed by atoms with Gasteiger partial charge in [-0.1, -0.05) is 25.4 Å². The van der Waals surface area contributed by atoms with Crippen LogP contribution >= 0.6 is 34.3 Å². The average molecular weight is 399 g/mol. The SMILES string of the molecule is CC(C)C1(C(=O)O)CCN(C(=O)Cc2csc(-c3ccc(Cl)s3)n2)C1. The summed E-state index contributed by atoms with van der Waals surface area (Å²) in [5.41, 5.74) is -0.122. The van der Waals surface area contributed by atoms with Crippen LogP contribution in [0.15, 0.2) is 17.5 Å². The fourth-order valence-corrected chi connectivity index (χ4v) is 5.07. The lowest BCUT2D eigenvalue weighted by Crippen LogP contribution is -2.41. The molecule has 5 nitrogen and oxygen atoms in total. The summed E-state index contributed by atoms with van der Waals surface area (Å²) in [6.45, 7) is 4.57. The fourth-order valence-electron chi connectivity index (χ4n) is 3.14. The van der Waals surface area contributed by atoms with Crippen LogP contribution in [-0.2, 0) is 16.0 Å². The number of amides is 1. The molecule has 25 heavy (non-hydrogen) atoms. The minimum absolute atomic E-state index is 0.0164. The summed E-state index contributed by atoms with van der Waals surface area (Å²) in [6, 6.07) is 3.75. The largest absolute Gasteiger partial charge is 0.481 e. The number of likely N-dealkylation sites (tertiary alicyclic amines) is 1. The van der Waals surface area contributed by atoms with Gasteiger partial charge >= 0.3 is 5.97 Å². The number of thiazole rings is 1. The van der Waals surface area contributed by atoms with Crippen LogP contribution in [-0.4, -0.2) is 40.0 Å². The van der Waals surface area contributed by atoms with Gasteiger partial charge in [0, 0.05) is 18.5 Å². The molecule has 1 unspecified atom stereocenters. The van der Waals surface area contributed by atoms with Gasteiger partial charge in [-0.2, -0.15) is 0 Å². The Bertz CT molecular complexity index is 801. The van der Waals surface area contributed by atoms with Crippen LogP contribution in [0.4, 0.5) is 0 Å². The predicted molar refractivity (Wildman–Crippen MR) is 100 cm³/mol. The molecule has 0 saturated carbocycles. The number of carboxylic acid groups (broad SMARTS) is 1. The summed E-state index contributed by atoms with van der Waals surface area (Å²) in [6.07, 6.45) is 0.700. The number of thiophene rings is 1. The Labute approximate surface area is 159 Å². The van der Waals surface area contributed by atoms with E-state index in [1.807, 2.05) is 31.4 Å². The van der Waals surface area contributed by atoms with E-state index < -0.39 is 11.4 Å². The van der Waals surface area contributed by atoms with Gasteiger partial charge < -0.3 is 10.0 Å².